The van der Waals surface area contributed by atoms with Crippen LogP contribution in [0.3, 0.4) is 0 Å². The lowest BCUT2D eigenvalue weighted by atomic mass is 10.1. The van der Waals surface area contributed by atoms with E-state index in [-0.39, 0.29) is 4.90 Å². The lowest BCUT2D eigenvalue weighted by Crippen LogP contribution is -2.33. The maximum Gasteiger partial charge on any atom is 0.261 e. The molecule has 0 amide bonds. The van der Waals surface area contributed by atoms with Gasteiger partial charge in [-0.3, -0.25) is 4.90 Å². The standard InChI is InChI=1S/C15H22ClNO3S/c1-12-11-15(21(16,18)19)13(2)10-14(12)20-9-8-17-6-4-3-5-7-17/h10-11H,3-9H2,1-2H3. The van der Waals surface area contributed by atoms with Gasteiger partial charge in [0, 0.05) is 17.2 Å². The summed E-state index contributed by atoms with van der Waals surface area (Å²) in [5.74, 6) is 0.730. The van der Waals surface area contributed by atoms with E-state index in [0.717, 1.165) is 30.9 Å². The van der Waals surface area contributed by atoms with Gasteiger partial charge in [0.25, 0.3) is 9.05 Å². The van der Waals surface area contributed by atoms with E-state index in [1.54, 1.807) is 19.1 Å². The van der Waals surface area contributed by atoms with E-state index in [4.69, 9.17) is 15.4 Å². The van der Waals surface area contributed by atoms with Crippen molar-refractivity contribution in [3.63, 3.8) is 0 Å². The highest BCUT2D eigenvalue weighted by atomic mass is 35.7. The first kappa shape index (κ1) is 16.6. The van der Waals surface area contributed by atoms with Gasteiger partial charge in [-0.2, -0.15) is 0 Å². The van der Waals surface area contributed by atoms with Crippen LogP contribution in [-0.2, 0) is 9.05 Å². The first-order chi connectivity index (χ1) is 9.88. The highest BCUT2D eigenvalue weighted by Crippen LogP contribution is 2.27. The molecule has 1 fully saturated rings. The van der Waals surface area contributed by atoms with Crippen molar-refractivity contribution >= 4 is 19.7 Å². The van der Waals surface area contributed by atoms with Gasteiger partial charge < -0.3 is 4.74 Å². The van der Waals surface area contributed by atoms with E-state index >= 15 is 0 Å². The number of aryl methyl sites for hydroxylation is 2. The fourth-order valence-electron chi connectivity index (χ4n) is 2.65. The SMILES string of the molecule is Cc1cc(S(=O)(=O)Cl)c(C)cc1OCCN1CCCCC1. The molecule has 1 aromatic carbocycles. The number of likely N-dealkylation sites (tertiary alicyclic amines) is 1. The largest absolute Gasteiger partial charge is 0.492 e. The number of hydrogen-bond donors (Lipinski definition) is 0. The number of piperidine rings is 1. The molecule has 1 aliphatic rings. The highest BCUT2D eigenvalue weighted by Gasteiger charge is 2.16. The van der Waals surface area contributed by atoms with Gasteiger partial charge >= 0.3 is 0 Å². The van der Waals surface area contributed by atoms with Gasteiger partial charge in [-0.1, -0.05) is 6.42 Å². The number of halogens is 1. The number of ether oxygens (including phenoxy) is 1. The van der Waals surface area contributed by atoms with Crippen LogP contribution in [0.4, 0.5) is 0 Å². The third kappa shape index (κ3) is 4.59. The normalized spacial score (nSPS) is 16.9. The molecule has 0 bridgehead atoms. The molecule has 0 aliphatic carbocycles. The smallest absolute Gasteiger partial charge is 0.261 e. The Morgan fingerprint density at radius 2 is 1.81 bits per heavy atom. The molecule has 21 heavy (non-hydrogen) atoms. The fourth-order valence-corrected chi connectivity index (χ4v) is 3.91. The molecule has 1 heterocycles. The number of rotatable bonds is 5. The molecule has 4 nitrogen and oxygen atoms in total. The molecule has 0 radical (unpaired) electrons. The van der Waals surface area contributed by atoms with Crippen molar-refractivity contribution in [2.75, 3.05) is 26.2 Å². The summed E-state index contributed by atoms with van der Waals surface area (Å²) in [6, 6.07) is 3.33. The van der Waals surface area contributed by atoms with Crippen LogP contribution in [0.5, 0.6) is 5.75 Å². The van der Waals surface area contributed by atoms with Crippen LogP contribution in [-0.4, -0.2) is 39.6 Å². The maximum absolute atomic E-state index is 11.5. The zero-order valence-electron chi connectivity index (χ0n) is 12.6. The van der Waals surface area contributed by atoms with Crippen molar-refractivity contribution in [3.8, 4) is 5.75 Å². The molecule has 0 spiro atoms. The summed E-state index contributed by atoms with van der Waals surface area (Å²) in [6.07, 6.45) is 3.85. The van der Waals surface area contributed by atoms with Crippen molar-refractivity contribution < 1.29 is 13.2 Å². The van der Waals surface area contributed by atoms with Gasteiger partial charge in [-0.15, -0.1) is 0 Å². The molecule has 1 saturated heterocycles. The Hall–Kier alpha value is -0.780. The van der Waals surface area contributed by atoms with Gasteiger partial charge in [0.1, 0.15) is 12.4 Å². The summed E-state index contributed by atoms with van der Waals surface area (Å²) in [5.41, 5.74) is 1.40. The molecular weight excluding hydrogens is 310 g/mol. The Bertz CT molecular complexity index is 595. The van der Waals surface area contributed by atoms with Crippen LogP contribution < -0.4 is 4.74 Å². The quantitative estimate of drug-likeness (QED) is 0.778. The van der Waals surface area contributed by atoms with Crippen LogP contribution in [0.2, 0.25) is 0 Å². The second kappa shape index (κ2) is 6.99. The third-order valence-electron chi connectivity index (χ3n) is 3.85. The van der Waals surface area contributed by atoms with E-state index in [1.807, 2.05) is 6.92 Å². The van der Waals surface area contributed by atoms with Gasteiger partial charge in [0.2, 0.25) is 0 Å². The average Bonchev–Trinajstić information content (AvgIpc) is 2.42. The Labute approximate surface area is 131 Å². The molecule has 0 aromatic heterocycles. The Balaban J connectivity index is 1.99. The average molecular weight is 332 g/mol. The summed E-state index contributed by atoms with van der Waals surface area (Å²) in [7, 11) is 1.72. The van der Waals surface area contributed by atoms with Crippen molar-refractivity contribution in [1.29, 1.82) is 0 Å². The Morgan fingerprint density at radius 3 is 2.43 bits per heavy atom. The van der Waals surface area contributed by atoms with Crippen LogP contribution in [0, 0.1) is 13.8 Å². The molecule has 0 saturated carbocycles. The molecular formula is C15H22ClNO3S. The molecule has 0 unspecified atom stereocenters. The number of nitrogens with zero attached hydrogens (tertiary/aromatic N) is 1. The first-order valence-corrected chi connectivity index (χ1v) is 9.60. The fraction of sp³-hybridized carbons (Fsp3) is 0.600. The molecule has 6 heteroatoms. The van der Waals surface area contributed by atoms with Crippen molar-refractivity contribution in [2.45, 2.75) is 38.0 Å². The van der Waals surface area contributed by atoms with Gasteiger partial charge in [0.15, 0.2) is 0 Å². The van der Waals surface area contributed by atoms with Crippen LogP contribution >= 0.6 is 10.7 Å². The van der Waals surface area contributed by atoms with Gasteiger partial charge in [0.05, 0.1) is 4.90 Å². The summed E-state index contributed by atoms with van der Waals surface area (Å²) in [6.45, 7) is 7.38. The van der Waals surface area contributed by atoms with Crippen LogP contribution in [0.25, 0.3) is 0 Å². The minimum absolute atomic E-state index is 0.157. The van der Waals surface area contributed by atoms with E-state index in [0.29, 0.717) is 12.2 Å². The predicted molar refractivity (Wildman–Crippen MR) is 84.7 cm³/mol. The van der Waals surface area contributed by atoms with E-state index < -0.39 is 9.05 Å². The topological polar surface area (TPSA) is 46.6 Å². The molecule has 118 valence electrons. The van der Waals surface area contributed by atoms with E-state index in [9.17, 15) is 8.42 Å². The van der Waals surface area contributed by atoms with Crippen molar-refractivity contribution in [1.82, 2.24) is 4.90 Å². The third-order valence-corrected chi connectivity index (χ3v) is 5.31. The summed E-state index contributed by atoms with van der Waals surface area (Å²) in [5, 5.41) is 0. The van der Waals surface area contributed by atoms with Gasteiger partial charge in [-0.25, -0.2) is 8.42 Å². The first-order valence-electron chi connectivity index (χ1n) is 7.29. The van der Waals surface area contributed by atoms with E-state index in [2.05, 4.69) is 4.90 Å². The molecule has 0 atom stereocenters. The Morgan fingerprint density at radius 1 is 1.14 bits per heavy atom. The molecule has 1 aliphatic heterocycles. The zero-order valence-corrected chi connectivity index (χ0v) is 14.1. The molecule has 1 aromatic rings. The van der Waals surface area contributed by atoms with E-state index in [1.165, 1.54) is 19.3 Å². The summed E-state index contributed by atoms with van der Waals surface area (Å²) >= 11 is 0. The summed E-state index contributed by atoms with van der Waals surface area (Å²) < 4.78 is 28.7. The van der Waals surface area contributed by atoms with Crippen LogP contribution in [0.15, 0.2) is 17.0 Å². The molecule has 0 N–H and O–H groups in total. The minimum atomic E-state index is -3.70. The van der Waals surface area contributed by atoms with Crippen molar-refractivity contribution in [3.05, 3.63) is 23.3 Å². The number of hydrogen-bond acceptors (Lipinski definition) is 4. The second-order valence-electron chi connectivity index (χ2n) is 5.57. The maximum atomic E-state index is 11.5. The monoisotopic (exact) mass is 331 g/mol. The van der Waals surface area contributed by atoms with Crippen molar-refractivity contribution in [2.24, 2.45) is 0 Å². The zero-order chi connectivity index (χ0) is 15.5. The Kier molecular flexibility index (Phi) is 5.52. The molecule has 2 rings (SSSR count). The lowest BCUT2D eigenvalue weighted by Gasteiger charge is -2.26. The van der Waals surface area contributed by atoms with Crippen LogP contribution in [0.1, 0.15) is 30.4 Å². The number of benzene rings is 1. The highest BCUT2D eigenvalue weighted by molar-refractivity contribution is 8.13. The lowest BCUT2D eigenvalue weighted by molar-refractivity contribution is 0.183. The van der Waals surface area contributed by atoms with Gasteiger partial charge in [-0.05, 0) is 63.0 Å². The predicted octanol–water partition coefficient (Wildman–Crippen LogP) is 3.10. The summed E-state index contributed by atoms with van der Waals surface area (Å²) in [4.78, 5) is 2.56. The second-order valence-corrected chi connectivity index (χ2v) is 8.11. The minimum Gasteiger partial charge on any atom is -0.492 e.